The number of hydrogen-bond donors (Lipinski definition) is 2. The topological polar surface area (TPSA) is 61.9 Å². The molecule has 19 heavy (non-hydrogen) atoms. The summed E-state index contributed by atoms with van der Waals surface area (Å²) in [6, 6.07) is 6.93. The molecule has 0 spiro atoms. The van der Waals surface area contributed by atoms with Crippen LogP contribution in [0.15, 0.2) is 23.4 Å². The van der Waals surface area contributed by atoms with Crippen LogP contribution in [0.5, 0.6) is 0 Å². The molecular formula is C15H21N3O. The van der Waals surface area contributed by atoms with Crippen LogP contribution in [-0.2, 0) is 19.4 Å². The molecule has 1 aliphatic heterocycles. The number of amidine groups is 1. The normalized spacial score (nSPS) is 23.8. The van der Waals surface area contributed by atoms with Crippen molar-refractivity contribution in [1.82, 2.24) is 4.90 Å². The minimum Gasteiger partial charge on any atom is -0.409 e. The zero-order valence-electron chi connectivity index (χ0n) is 11.2. The number of likely N-dealkylation sites (tertiary alicyclic amines) is 1. The van der Waals surface area contributed by atoms with E-state index < -0.39 is 0 Å². The number of rotatable bonds is 3. The fourth-order valence-electron chi connectivity index (χ4n) is 3.38. The van der Waals surface area contributed by atoms with Gasteiger partial charge in [0.15, 0.2) is 5.84 Å². The zero-order chi connectivity index (χ0) is 13.2. The quantitative estimate of drug-likeness (QED) is 0.377. The second kappa shape index (κ2) is 5.21. The summed E-state index contributed by atoms with van der Waals surface area (Å²) in [6.07, 6.45) is 5.83. The number of nitrogens with zero attached hydrogens (tertiary/aromatic N) is 2. The Morgan fingerprint density at radius 3 is 3.00 bits per heavy atom. The zero-order valence-corrected chi connectivity index (χ0v) is 11.2. The fraction of sp³-hybridized carbons (Fsp3) is 0.533. The molecule has 0 amide bonds. The van der Waals surface area contributed by atoms with Gasteiger partial charge < -0.3 is 10.9 Å². The Labute approximate surface area is 113 Å². The van der Waals surface area contributed by atoms with Gasteiger partial charge >= 0.3 is 0 Å². The van der Waals surface area contributed by atoms with Gasteiger partial charge in [0.1, 0.15) is 0 Å². The number of aryl methyl sites for hydroxylation is 2. The Morgan fingerprint density at radius 2 is 2.16 bits per heavy atom. The summed E-state index contributed by atoms with van der Waals surface area (Å²) in [7, 11) is 0. The third kappa shape index (κ3) is 2.45. The smallest absolute Gasteiger partial charge is 0.156 e. The lowest BCUT2D eigenvalue weighted by Gasteiger charge is -2.23. The molecule has 0 radical (unpaired) electrons. The molecule has 3 N–H and O–H groups in total. The molecule has 1 aliphatic carbocycles. The molecule has 0 aromatic heterocycles. The van der Waals surface area contributed by atoms with E-state index in [-0.39, 0.29) is 6.04 Å². The lowest BCUT2D eigenvalue weighted by Crippen LogP contribution is -2.40. The van der Waals surface area contributed by atoms with Crippen LogP contribution < -0.4 is 5.73 Å². The first-order chi connectivity index (χ1) is 9.28. The van der Waals surface area contributed by atoms with E-state index in [1.807, 2.05) is 0 Å². The molecule has 2 aliphatic rings. The van der Waals surface area contributed by atoms with Crippen molar-refractivity contribution in [3.63, 3.8) is 0 Å². The van der Waals surface area contributed by atoms with E-state index in [1.54, 1.807) is 0 Å². The predicted octanol–water partition coefficient (Wildman–Crippen LogP) is 1.89. The molecule has 1 atom stereocenters. The van der Waals surface area contributed by atoms with Gasteiger partial charge in [-0.15, -0.1) is 0 Å². The molecule has 1 saturated heterocycles. The first-order valence-electron chi connectivity index (χ1n) is 7.10. The van der Waals surface area contributed by atoms with Crippen molar-refractivity contribution in [2.24, 2.45) is 10.9 Å². The Kier molecular flexibility index (Phi) is 3.42. The molecule has 1 fully saturated rings. The second-order valence-electron chi connectivity index (χ2n) is 5.61. The third-order valence-electron chi connectivity index (χ3n) is 4.37. The summed E-state index contributed by atoms with van der Waals surface area (Å²) in [5.74, 6) is 0.346. The Bertz CT molecular complexity index is 498. The van der Waals surface area contributed by atoms with E-state index in [0.29, 0.717) is 5.84 Å². The molecule has 1 aromatic rings. The molecule has 4 nitrogen and oxygen atoms in total. The van der Waals surface area contributed by atoms with E-state index in [9.17, 15) is 0 Å². The summed E-state index contributed by atoms with van der Waals surface area (Å²) >= 11 is 0. The van der Waals surface area contributed by atoms with Crippen molar-refractivity contribution < 1.29 is 5.21 Å². The van der Waals surface area contributed by atoms with Gasteiger partial charge in [-0.3, -0.25) is 4.90 Å². The largest absolute Gasteiger partial charge is 0.409 e. The number of oxime groups is 1. The molecule has 4 heteroatoms. The van der Waals surface area contributed by atoms with Gasteiger partial charge in [-0.25, -0.2) is 0 Å². The van der Waals surface area contributed by atoms with Crippen LogP contribution in [0.3, 0.4) is 0 Å². The summed E-state index contributed by atoms with van der Waals surface area (Å²) in [5, 5.41) is 12.0. The third-order valence-corrected chi connectivity index (χ3v) is 4.37. The van der Waals surface area contributed by atoms with Crippen LogP contribution in [0.25, 0.3) is 0 Å². The molecule has 0 saturated carbocycles. The highest BCUT2D eigenvalue weighted by Gasteiger charge is 2.28. The minimum atomic E-state index is 0.0956. The summed E-state index contributed by atoms with van der Waals surface area (Å²) in [6.45, 7) is 1.92. The minimum absolute atomic E-state index is 0.0956. The lowest BCUT2D eigenvalue weighted by molar-refractivity contribution is 0.275. The van der Waals surface area contributed by atoms with Crippen LogP contribution in [-0.4, -0.2) is 28.5 Å². The Hall–Kier alpha value is -1.55. The van der Waals surface area contributed by atoms with Crippen molar-refractivity contribution in [3.05, 3.63) is 34.9 Å². The van der Waals surface area contributed by atoms with Gasteiger partial charge in [-0.2, -0.15) is 0 Å². The van der Waals surface area contributed by atoms with Crippen LogP contribution in [0.1, 0.15) is 36.0 Å². The monoisotopic (exact) mass is 259 g/mol. The van der Waals surface area contributed by atoms with Gasteiger partial charge in [0, 0.05) is 6.54 Å². The summed E-state index contributed by atoms with van der Waals surface area (Å²) in [4.78, 5) is 2.31. The van der Waals surface area contributed by atoms with Crippen LogP contribution in [0.2, 0.25) is 0 Å². The van der Waals surface area contributed by atoms with Crippen LogP contribution in [0, 0.1) is 0 Å². The predicted molar refractivity (Wildman–Crippen MR) is 75.3 cm³/mol. The standard InChI is InChI=1S/C15H21N3O/c16-15(17-19)14-5-2-8-18(14)10-11-6-7-12-3-1-4-13(12)9-11/h6-7,9,14,19H,1-5,8,10H2,(H2,16,17). The summed E-state index contributed by atoms with van der Waals surface area (Å²) in [5.41, 5.74) is 10.1. The van der Waals surface area contributed by atoms with Gasteiger partial charge in [0.25, 0.3) is 0 Å². The second-order valence-corrected chi connectivity index (χ2v) is 5.61. The molecule has 1 heterocycles. The first kappa shape index (κ1) is 12.5. The average Bonchev–Trinajstić information content (AvgIpc) is 3.06. The maximum absolute atomic E-state index is 8.84. The Balaban J connectivity index is 1.74. The Morgan fingerprint density at radius 1 is 1.32 bits per heavy atom. The van der Waals surface area contributed by atoms with Gasteiger partial charge in [0.05, 0.1) is 6.04 Å². The van der Waals surface area contributed by atoms with Gasteiger partial charge in [-0.05, 0) is 55.3 Å². The number of fused-ring (bicyclic) bond motifs is 1. The van der Waals surface area contributed by atoms with Gasteiger partial charge in [-0.1, -0.05) is 23.4 Å². The van der Waals surface area contributed by atoms with Crippen molar-refractivity contribution >= 4 is 5.84 Å². The highest BCUT2D eigenvalue weighted by molar-refractivity contribution is 5.85. The van der Waals surface area contributed by atoms with Crippen molar-refractivity contribution in [2.45, 2.75) is 44.7 Å². The van der Waals surface area contributed by atoms with E-state index in [1.165, 1.54) is 36.0 Å². The van der Waals surface area contributed by atoms with E-state index >= 15 is 0 Å². The SMILES string of the molecule is NC(=NO)C1CCCN1Cc1ccc2c(c1)CCC2. The molecule has 1 unspecified atom stereocenters. The highest BCUT2D eigenvalue weighted by atomic mass is 16.4. The van der Waals surface area contributed by atoms with Crippen LogP contribution >= 0.6 is 0 Å². The van der Waals surface area contributed by atoms with Crippen molar-refractivity contribution in [2.75, 3.05) is 6.54 Å². The maximum atomic E-state index is 8.84. The first-order valence-corrected chi connectivity index (χ1v) is 7.10. The van der Waals surface area contributed by atoms with E-state index in [0.717, 1.165) is 25.9 Å². The molecule has 3 rings (SSSR count). The average molecular weight is 259 g/mol. The van der Waals surface area contributed by atoms with E-state index in [2.05, 4.69) is 28.3 Å². The van der Waals surface area contributed by atoms with Crippen molar-refractivity contribution in [1.29, 1.82) is 0 Å². The fourth-order valence-corrected chi connectivity index (χ4v) is 3.38. The van der Waals surface area contributed by atoms with Gasteiger partial charge in [0.2, 0.25) is 0 Å². The maximum Gasteiger partial charge on any atom is 0.156 e. The highest BCUT2D eigenvalue weighted by Crippen LogP contribution is 2.25. The lowest BCUT2D eigenvalue weighted by atomic mass is 10.1. The molecule has 0 bridgehead atoms. The molecular weight excluding hydrogens is 238 g/mol. The number of nitrogens with two attached hydrogens (primary N) is 1. The number of hydrogen-bond acceptors (Lipinski definition) is 3. The molecule has 102 valence electrons. The molecule has 1 aromatic carbocycles. The number of benzene rings is 1. The van der Waals surface area contributed by atoms with Crippen molar-refractivity contribution in [3.8, 4) is 0 Å². The van der Waals surface area contributed by atoms with Crippen LogP contribution in [0.4, 0.5) is 0 Å². The van der Waals surface area contributed by atoms with E-state index in [4.69, 9.17) is 10.9 Å². The summed E-state index contributed by atoms with van der Waals surface area (Å²) < 4.78 is 0.